The van der Waals surface area contributed by atoms with Gasteiger partial charge in [-0.15, -0.1) is 0 Å². The van der Waals surface area contributed by atoms with Gasteiger partial charge in [0.25, 0.3) is 0 Å². The minimum absolute atomic E-state index is 0. The minimum Gasteiger partial charge on any atom is -0.870 e. The summed E-state index contributed by atoms with van der Waals surface area (Å²) in [5, 5.41) is 5.80. The highest BCUT2D eigenvalue weighted by molar-refractivity contribution is 7.34. The molecule has 0 spiro atoms. The number of fused-ring (bicyclic) bond motifs is 1. The molecule has 0 fully saturated rings. The van der Waals surface area contributed by atoms with Crippen molar-refractivity contribution in [1.82, 2.24) is 5.10 Å². The van der Waals surface area contributed by atoms with E-state index in [1.165, 1.54) is 0 Å². The maximum Gasteiger partial charge on any atom is 0.239 e. The molecule has 0 radical (unpaired) electrons. The molecule has 0 amide bonds. The summed E-state index contributed by atoms with van der Waals surface area (Å²) in [6.45, 7) is 0. The van der Waals surface area contributed by atoms with Crippen LogP contribution in [0.25, 0.3) is 10.9 Å². The van der Waals surface area contributed by atoms with Gasteiger partial charge in [0.2, 0.25) is 5.52 Å². The zero-order valence-corrected chi connectivity index (χ0v) is 8.48. The third-order valence-corrected chi connectivity index (χ3v) is 2.53. The predicted octanol–water partition coefficient (Wildman–Crippen LogP) is 0.799. The predicted molar refractivity (Wildman–Crippen MR) is 52.1 cm³/mol. The monoisotopic (exact) mass is 208 g/mol. The Hall–Kier alpha value is -1.38. The number of hydrogen-bond donors (Lipinski definition) is 0. The average Bonchev–Trinajstić information content (AvgIpc) is 2.19. The summed E-state index contributed by atoms with van der Waals surface area (Å²) in [6, 6.07) is 7.76. The standard InChI is InChI=1S/C9H8N2OP.H2O/c1-11-8-5-3-2-4-7(8)9(13-12)6-10-11;/h2-6H,1H3;1H2/q+1;/p-1. The Balaban J connectivity index is 0.000000980. The SMILES string of the molecule is C[n+]1ncc(P=O)c2ccccc21.[OH-]. The molecule has 0 aliphatic carbocycles. The van der Waals surface area contributed by atoms with Gasteiger partial charge in [-0.25, -0.2) is 0 Å². The van der Waals surface area contributed by atoms with Gasteiger partial charge < -0.3 is 5.48 Å². The molecular weight excluding hydrogens is 199 g/mol. The van der Waals surface area contributed by atoms with E-state index in [-0.39, 0.29) is 13.9 Å². The number of aryl methyl sites for hydroxylation is 1. The first-order valence-electron chi connectivity index (χ1n) is 3.90. The average molecular weight is 208 g/mol. The van der Waals surface area contributed by atoms with Crippen molar-refractivity contribution in [2.45, 2.75) is 0 Å². The number of nitrogens with zero attached hydrogens (tertiary/aromatic N) is 2. The highest BCUT2D eigenvalue weighted by Crippen LogP contribution is 2.09. The van der Waals surface area contributed by atoms with E-state index in [0.29, 0.717) is 0 Å². The van der Waals surface area contributed by atoms with Gasteiger partial charge in [0.15, 0.2) is 15.5 Å². The second-order valence-corrected chi connectivity index (χ2v) is 3.43. The number of benzene rings is 1. The van der Waals surface area contributed by atoms with Crippen molar-refractivity contribution in [2.75, 3.05) is 0 Å². The molecule has 2 rings (SSSR count). The minimum atomic E-state index is 0. The van der Waals surface area contributed by atoms with Crippen LogP contribution < -0.4 is 9.99 Å². The molecule has 0 saturated carbocycles. The van der Waals surface area contributed by atoms with E-state index in [1.807, 2.05) is 31.3 Å². The fourth-order valence-electron chi connectivity index (χ4n) is 1.32. The van der Waals surface area contributed by atoms with E-state index in [9.17, 15) is 4.57 Å². The lowest BCUT2D eigenvalue weighted by Crippen LogP contribution is -2.35. The van der Waals surface area contributed by atoms with Gasteiger partial charge in [-0.1, -0.05) is 16.8 Å². The second-order valence-electron chi connectivity index (χ2n) is 2.76. The first kappa shape index (κ1) is 10.7. The third-order valence-electron chi connectivity index (χ3n) is 1.98. The van der Waals surface area contributed by atoms with Crippen LogP contribution in [0.2, 0.25) is 0 Å². The second kappa shape index (κ2) is 4.22. The summed E-state index contributed by atoms with van der Waals surface area (Å²) in [7, 11) is 1.89. The number of hydrogen-bond acceptors (Lipinski definition) is 3. The van der Waals surface area contributed by atoms with Crippen molar-refractivity contribution >= 4 is 24.7 Å². The lowest BCUT2D eigenvalue weighted by Gasteiger charge is -1.94. The molecule has 1 heterocycles. The topological polar surface area (TPSA) is 63.8 Å². The lowest BCUT2D eigenvalue weighted by molar-refractivity contribution is -0.705. The molecule has 0 bridgehead atoms. The van der Waals surface area contributed by atoms with E-state index in [0.717, 1.165) is 16.2 Å². The van der Waals surface area contributed by atoms with Crippen molar-refractivity contribution in [1.29, 1.82) is 0 Å². The normalized spacial score (nSPS) is 10.1. The largest absolute Gasteiger partial charge is 0.870 e. The highest BCUT2D eigenvalue weighted by Gasteiger charge is 2.09. The van der Waals surface area contributed by atoms with Gasteiger partial charge in [0.1, 0.15) is 6.20 Å². The summed E-state index contributed by atoms with van der Waals surface area (Å²) in [6.07, 6.45) is 1.62. The van der Waals surface area contributed by atoms with Crippen LogP contribution in [0, 0.1) is 0 Å². The zero-order chi connectivity index (χ0) is 9.26. The van der Waals surface area contributed by atoms with Crippen LogP contribution in [0.4, 0.5) is 0 Å². The maximum absolute atomic E-state index is 10.8. The van der Waals surface area contributed by atoms with Crippen molar-refractivity contribution in [3.63, 3.8) is 0 Å². The van der Waals surface area contributed by atoms with E-state index in [1.54, 1.807) is 10.9 Å². The summed E-state index contributed by atoms with van der Waals surface area (Å²) in [5.74, 6) is 0. The fourth-order valence-corrected chi connectivity index (χ4v) is 1.70. The number of aromatic nitrogens is 2. The van der Waals surface area contributed by atoms with Crippen LogP contribution in [-0.2, 0) is 11.6 Å². The first-order valence-corrected chi connectivity index (χ1v) is 4.71. The first-order chi connectivity index (χ1) is 6.33. The highest BCUT2D eigenvalue weighted by atomic mass is 31.1. The summed E-state index contributed by atoms with van der Waals surface area (Å²) >= 11 is 0. The number of rotatable bonds is 1. The molecule has 2 aromatic rings. The Morgan fingerprint density at radius 2 is 2.07 bits per heavy atom. The molecule has 4 nitrogen and oxygen atoms in total. The Morgan fingerprint density at radius 1 is 1.36 bits per heavy atom. The molecule has 1 aromatic heterocycles. The van der Waals surface area contributed by atoms with E-state index in [4.69, 9.17) is 0 Å². The molecule has 0 aliphatic rings. The maximum atomic E-state index is 10.8. The van der Waals surface area contributed by atoms with Crippen molar-refractivity contribution < 1.29 is 14.7 Å². The molecule has 0 unspecified atom stereocenters. The molecule has 0 atom stereocenters. The van der Waals surface area contributed by atoms with Crippen LogP contribution in [0.15, 0.2) is 30.5 Å². The van der Waals surface area contributed by atoms with Gasteiger partial charge in [-0.3, -0.25) is 4.57 Å². The summed E-state index contributed by atoms with van der Waals surface area (Å²) in [4.78, 5) is 0. The van der Waals surface area contributed by atoms with Gasteiger partial charge >= 0.3 is 0 Å². The lowest BCUT2D eigenvalue weighted by atomic mass is 10.2. The van der Waals surface area contributed by atoms with Crippen LogP contribution in [-0.4, -0.2) is 10.6 Å². The molecule has 14 heavy (non-hydrogen) atoms. The van der Waals surface area contributed by atoms with Crippen molar-refractivity contribution in [3.8, 4) is 0 Å². The van der Waals surface area contributed by atoms with Crippen LogP contribution in [0.3, 0.4) is 0 Å². The Kier molecular flexibility index (Phi) is 3.23. The third kappa shape index (κ3) is 1.62. The summed E-state index contributed by atoms with van der Waals surface area (Å²) < 4.78 is 12.5. The van der Waals surface area contributed by atoms with E-state index < -0.39 is 0 Å². The molecular formula is C9H9N2O2P. The Morgan fingerprint density at radius 3 is 2.79 bits per heavy atom. The smallest absolute Gasteiger partial charge is 0.239 e. The van der Waals surface area contributed by atoms with E-state index in [2.05, 4.69) is 5.10 Å². The molecule has 1 N–H and O–H groups in total. The quantitative estimate of drug-likeness (QED) is 0.514. The molecule has 0 saturated heterocycles. The van der Waals surface area contributed by atoms with Gasteiger partial charge in [0, 0.05) is 6.07 Å². The zero-order valence-electron chi connectivity index (χ0n) is 7.58. The van der Waals surface area contributed by atoms with E-state index >= 15 is 0 Å². The van der Waals surface area contributed by atoms with Crippen LogP contribution in [0.5, 0.6) is 0 Å². The molecule has 5 heteroatoms. The molecule has 0 aliphatic heterocycles. The fraction of sp³-hybridized carbons (Fsp3) is 0.111. The Bertz CT molecular complexity index is 473. The molecule has 72 valence electrons. The summed E-state index contributed by atoms with van der Waals surface area (Å²) in [5.41, 5.74) is 0.989. The van der Waals surface area contributed by atoms with Gasteiger partial charge in [-0.2, -0.15) is 0 Å². The van der Waals surface area contributed by atoms with Gasteiger partial charge in [0.05, 0.1) is 10.7 Å². The van der Waals surface area contributed by atoms with Crippen molar-refractivity contribution in [3.05, 3.63) is 30.5 Å². The Labute approximate surface area is 82.7 Å². The molecule has 1 aromatic carbocycles. The van der Waals surface area contributed by atoms with Crippen LogP contribution >= 0.6 is 8.46 Å². The van der Waals surface area contributed by atoms with Crippen molar-refractivity contribution in [2.24, 2.45) is 7.05 Å². The number of para-hydroxylation sites is 1. The van der Waals surface area contributed by atoms with Gasteiger partial charge in [-0.05, 0) is 11.2 Å². The van der Waals surface area contributed by atoms with Crippen LogP contribution in [0.1, 0.15) is 0 Å².